The maximum Gasteiger partial charge on any atom is 0.242 e. The van der Waals surface area contributed by atoms with Gasteiger partial charge in [0.05, 0.1) is 5.54 Å². The molecule has 0 aromatic carbocycles. The summed E-state index contributed by atoms with van der Waals surface area (Å²) in [6.45, 7) is 9.67. The van der Waals surface area contributed by atoms with Gasteiger partial charge in [0.15, 0.2) is 0 Å². The summed E-state index contributed by atoms with van der Waals surface area (Å²) in [6.07, 6.45) is 5.41. The lowest BCUT2D eigenvalue weighted by Gasteiger charge is -2.40. The molecule has 0 spiro atoms. The molecule has 2 fully saturated rings. The molecule has 2 rings (SSSR count). The number of nitrogens with zero attached hydrogens (tertiary/aromatic N) is 1. The molecule has 104 valence electrons. The topological polar surface area (TPSA) is 32.3 Å². The Kier molecular flexibility index (Phi) is 4.31. The number of hydrogen-bond donors (Lipinski definition) is 1. The van der Waals surface area contributed by atoms with Crippen molar-refractivity contribution in [3.63, 3.8) is 0 Å². The van der Waals surface area contributed by atoms with Gasteiger partial charge in [0.25, 0.3) is 0 Å². The second-order valence-electron chi connectivity index (χ2n) is 6.36. The Morgan fingerprint density at radius 1 is 1.39 bits per heavy atom. The van der Waals surface area contributed by atoms with E-state index in [2.05, 4.69) is 31.0 Å². The zero-order valence-electron chi connectivity index (χ0n) is 12.2. The largest absolute Gasteiger partial charge is 0.341 e. The first kappa shape index (κ1) is 13.9. The van der Waals surface area contributed by atoms with Crippen LogP contribution < -0.4 is 5.32 Å². The van der Waals surface area contributed by atoms with Crippen LogP contribution >= 0.6 is 0 Å². The number of hydrogen-bond acceptors (Lipinski definition) is 2. The zero-order chi connectivity index (χ0) is 13.2. The fourth-order valence-electron chi connectivity index (χ4n) is 3.49. The molecule has 1 N–H and O–H groups in total. The maximum absolute atomic E-state index is 12.8. The van der Waals surface area contributed by atoms with E-state index in [4.69, 9.17) is 0 Å². The Bertz CT molecular complexity index is 297. The van der Waals surface area contributed by atoms with Crippen LogP contribution in [0.15, 0.2) is 0 Å². The Morgan fingerprint density at radius 2 is 2.17 bits per heavy atom. The van der Waals surface area contributed by atoms with E-state index >= 15 is 0 Å². The minimum absolute atomic E-state index is 0.227. The fourth-order valence-corrected chi connectivity index (χ4v) is 3.49. The Labute approximate surface area is 111 Å². The third-order valence-electron chi connectivity index (χ3n) is 4.95. The van der Waals surface area contributed by atoms with Gasteiger partial charge in [-0.1, -0.05) is 27.2 Å². The van der Waals surface area contributed by atoms with Crippen molar-refractivity contribution in [3.05, 3.63) is 0 Å². The highest BCUT2D eigenvalue weighted by Crippen LogP contribution is 2.30. The smallest absolute Gasteiger partial charge is 0.242 e. The molecule has 2 saturated heterocycles. The van der Waals surface area contributed by atoms with Gasteiger partial charge in [0.2, 0.25) is 5.91 Å². The van der Waals surface area contributed by atoms with Gasteiger partial charge in [-0.3, -0.25) is 4.79 Å². The number of likely N-dealkylation sites (tertiary alicyclic amines) is 1. The molecule has 2 heterocycles. The zero-order valence-corrected chi connectivity index (χ0v) is 12.2. The standard InChI is InChI=1S/C15H28N2O/c1-4-7-15(8-5-9-16-15)14(18)17-10-6-12(2)13(3)11-17/h12-13,16H,4-11H2,1-3H3. The Hall–Kier alpha value is -0.570. The number of carbonyl (C=O) groups excluding carboxylic acids is 1. The summed E-state index contributed by atoms with van der Waals surface area (Å²) in [5, 5.41) is 3.50. The van der Waals surface area contributed by atoms with Crippen molar-refractivity contribution in [3.8, 4) is 0 Å². The molecular weight excluding hydrogens is 224 g/mol. The molecule has 1 amide bonds. The lowest BCUT2D eigenvalue weighted by Crippen LogP contribution is -2.57. The van der Waals surface area contributed by atoms with Gasteiger partial charge >= 0.3 is 0 Å². The second-order valence-corrected chi connectivity index (χ2v) is 6.36. The van der Waals surface area contributed by atoms with Crippen molar-refractivity contribution in [2.45, 2.75) is 58.4 Å². The van der Waals surface area contributed by atoms with E-state index in [-0.39, 0.29) is 5.54 Å². The lowest BCUT2D eigenvalue weighted by molar-refractivity contribution is -0.140. The van der Waals surface area contributed by atoms with Crippen LogP contribution in [0.1, 0.15) is 52.9 Å². The number of piperidine rings is 1. The van der Waals surface area contributed by atoms with Crippen LogP contribution in [0.3, 0.4) is 0 Å². The molecule has 2 aliphatic rings. The van der Waals surface area contributed by atoms with Gasteiger partial charge in [-0.2, -0.15) is 0 Å². The molecule has 3 unspecified atom stereocenters. The van der Waals surface area contributed by atoms with E-state index in [1.54, 1.807) is 0 Å². The predicted molar refractivity (Wildman–Crippen MR) is 74.4 cm³/mol. The maximum atomic E-state index is 12.8. The summed E-state index contributed by atoms with van der Waals surface area (Å²) >= 11 is 0. The molecule has 18 heavy (non-hydrogen) atoms. The summed E-state index contributed by atoms with van der Waals surface area (Å²) in [5.74, 6) is 1.77. The van der Waals surface area contributed by atoms with Gasteiger partial charge in [-0.05, 0) is 44.1 Å². The first-order valence-corrected chi connectivity index (χ1v) is 7.63. The van der Waals surface area contributed by atoms with Crippen LogP contribution in [-0.4, -0.2) is 36.0 Å². The summed E-state index contributed by atoms with van der Waals surface area (Å²) in [7, 11) is 0. The first-order chi connectivity index (χ1) is 8.59. The van der Waals surface area contributed by atoms with E-state index < -0.39 is 0 Å². The molecule has 3 atom stereocenters. The van der Waals surface area contributed by atoms with Crippen LogP contribution in [-0.2, 0) is 4.79 Å². The molecule has 0 aromatic rings. The van der Waals surface area contributed by atoms with Crippen molar-refractivity contribution in [1.29, 1.82) is 0 Å². The van der Waals surface area contributed by atoms with Gasteiger partial charge in [-0.15, -0.1) is 0 Å². The Balaban J connectivity index is 2.05. The molecule has 2 aliphatic heterocycles. The fraction of sp³-hybridized carbons (Fsp3) is 0.933. The number of rotatable bonds is 3. The number of carbonyl (C=O) groups is 1. The number of amides is 1. The summed E-state index contributed by atoms with van der Waals surface area (Å²) in [5.41, 5.74) is -0.227. The van der Waals surface area contributed by atoms with Crippen molar-refractivity contribution < 1.29 is 4.79 Å². The molecule has 0 aromatic heterocycles. The Morgan fingerprint density at radius 3 is 2.72 bits per heavy atom. The minimum atomic E-state index is -0.227. The van der Waals surface area contributed by atoms with Gasteiger partial charge < -0.3 is 10.2 Å². The van der Waals surface area contributed by atoms with Crippen LogP contribution in [0.25, 0.3) is 0 Å². The van der Waals surface area contributed by atoms with E-state index in [0.29, 0.717) is 11.8 Å². The first-order valence-electron chi connectivity index (χ1n) is 7.63. The van der Waals surface area contributed by atoms with E-state index in [9.17, 15) is 4.79 Å². The van der Waals surface area contributed by atoms with Crippen molar-refractivity contribution in [2.24, 2.45) is 11.8 Å². The van der Waals surface area contributed by atoms with Crippen LogP contribution in [0, 0.1) is 11.8 Å². The molecule has 0 aliphatic carbocycles. The van der Waals surface area contributed by atoms with Gasteiger partial charge in [-0.25, -0.2) is 0 Å². The SMILES string of the molecule is CCCC1(C(=O)N2CCC(C)C(C)C2)CCCN1. The highest BCUT2D eigenvalue weighted by atomic mass is 16.2. The third-order valence-corrected chi connectivity index (χ3v) is 4.95. The normalized spacial score (nSPS) is 36.9. The van der Waals surface area contributed by atoms with Gasteiger partial charge in [0, 0.05) is 13.1 Å². The molecule has 0 saturated carbocycles. The summed E-state index contributed by atoms with van der Waals surface area (Å²) < 4.78 is 0. The lowest BCUT2D eigenvalue weighted by atomic mass is 9.85. The van der Waals surface area contributed by atoms with E-state index in [1.807, 2.05) is 0 Å². The van der Waals surface area contributed by atoms with Gasteiger partial charge in [0.1, 0.15) is 0 Å². The molecule has 0 bridgehead atoms. The monoisotopic (exact) mass is 252 g/mol. The van der Waals surface area contributed by atoms with E-state index in [0.717, 1.165) is 57.7 Å². The van der Waals surface area contributed by atoms with Crippen LogP contribution in [0.5, 0.6) is 0 Å². The molecule has 0 radical (unpaired) electrons. The van der Waals surface area contributed by atoms with Crippen molar-refractivity contribution in [1.82, 2.24) is 10.2 Å². The molecular formula is C15H28N2O. The second kappa shape index (κ2) is 5.60. The highest BCUT2D eigenvalue weighted by Gasteiger charge is 2.43. The minimum Gasteiger partial charge on any atom is -0.341 e. The third kappa shape index (κ3) is 2.56. The number of nitrogens with one attached hydrogen (secondary N) is 1. The molecule has 3 heteroatoms. The van der Waals surface area contributed by atoms with E-state index in [1.165, 1.54) is 0 Å². The average Bonchev–Trinajstić information content (AvgIpc) is 2.82. The highest BCUT2D eigenvalue weighted by molar-refractivity contribution is 5.86. The summed E-state index contributed by atoms with van der Waals surface area (Å²) in [4.78, 5) is 15.0. The molecule has 3 nitrogen and oxygen atoms in total. The van der Waals surface area contributed by atoms with Crippen LogP contribution in [0.2, 0.25) is 0 Å². The predicted octanol–water partition coefficient (Wildman–Crippen LogP) is 2.41. The van der Waals surface area contributed by atoms with Crippen molar-refractivity contribution >= 4 is 5.91 Å². The van der Waals surface area contributed by atoms with Crippen molar-refractivity contribution in [2.75, 3.05) is 19.6 Å². The average molecular weight is 252 g/mol. The quantitative estimate of drug-likeness (QED) is 0.836. The van der Waals surface area contributed by atoms with Crippen LogP contribution in [0.4, 0.5) is 0 Å². The summed E-state index contributed by atoms with van der Waals surface area (Å²) in [6, 6.07) is 0.